The number of ether oxygens (including phenoxy) is 1. The van der Waals surface area contributed by atoms with E-state index >= 15 is 0 Å². The minimum Gasteiger partial charge on any atom is -0.508 e. The van der Waals surface area contributed by atoms with Crippen LogP contribution in [0.3, 0.4) is 0 Å². The molecule has 0 bridgehead atoms. The summed E-state index contributed by atoms with van der Waals surface area (Å²) in [6.45, 7) is 3.37. The quantitative estimate of drug-likeness (QED) is 0.430. The number of para-hydroxylation sites is 1. The number of esters is 1. The van der Waals surface area contributed by atoms with E-state index in [0.29, 0.717) is 38.7 Å². The molecule has 2 heterocycles. The predicted molar refractivity (Wildman–Crippen MR) is 104 cm³/mol. The molecule has 0 saturated heterocycles. The summed E-state index contributed by atoms with van der Waals surface area (Å²) in [5.41, 5.74) is 2.52. The Hall–Kier alpha value is -3.67. The average molecular weight is 375 g/mol. The molecule has 6 heteroatoms. The van der Waals surface area contributed by atoms with Gasteiger partial charge in [0.1, 0.15) is 17.9 Å². The maximum atomic E-state index is 12.7. The number of aromatic nitrogens is 1. The smallest absolute Gasteiger partial charge is 0.339 e. The molecule has 0 aliphatic carbocycles. The topological polar surface area (TPSA) is 89.6 Å². The summed E-state index contributed by atoms with van der Waals surface area (Å²) in [6.07, 6.45) is 0. The molecule has 4 aromatic rings. The number of pyridine rings is 1. The number of aryl methyl sites for hydroxylation is 2. The summed E-state index contributed by atoms with van der Waals surface area (Å²) in [6, 6.07) is 13.5. The molecule has 2 aromatic carbocycles. The third-order valence-corrected chi connectivity index (χ3v) is 4.64. The van der Waals surface area contributed by atoms with Crippen molar-refractivity contribution in [2.24, 2.45) is 0 Å². The SMILES string of the molecule is Cc1cc(C(=O)OCc2cc(=O)oc3c(C)c(O)ccc23)c2ccccc2n1. The van der Waals surface area contributed by atoms with Crippen molar-refractivity contribution in [3.05, 3.63) is 81.3 Å². The highest BCUT2D eigenvalue weighted by atomic mass is 16.5. The van der Waals surface area contributed by atoms with Crippen LogP contribution >= 0.6 is 0 Å². The highest BCUT2D eigenvalue weighted by Gasteiger charge is 2.16. The molecule has 0 atom stereocenters. The van der Waals surface area contributed by atoms with E-state index in [0.717, 1.165) is 0 Å². The van der Waals surface area contributed by atoms with Crippen molar-refractivity contribution in [1.29, 1.82) is 0 Å². The number of nitrogens with zero attached hydrogens (tertiary/aromatic N) is 1. The van der Waals surface area contributed by atoms with Crippen LogP contribution in [-0.2, 0) is 11.3 Å². The first-order chi connectivity index (χ1) is 13.4. The molecule has 28 heavy (non-hydrogen) atoms. The fraction of sp³-hybridized carbons (Fsp3) is 0.136. The second-order valence-electron chi connectivity index (χ2n) is 6.58. The second-order valence-corrected chi connectivity index (χ2v) is 6.58. The van der Waals surface area contributed by atoms with Crippen molar-refractivity contribution in [2.45, 2.75) is 20.5 Å². The molecule has 1 N–H and O–H groups in total. The minimum atomic E-state index is -0.572. The number of aromatic hydroxyl groups is 1. The lowest BCUT2D eigenvalue weighted by Crippen LogP contribution is -2.09. The first-order valence-corrected chi connectivity index (χ1v) is 8.73. The Morgan fingerprint density at radius 1 is 1.11 bits per heavy atom. The molecule has 0 amide bonds. The third kappa shape index (κ3) is 3.09. The maximum absolute atomic E-state index is 12.7. The fourth-order valence-electron chi connectivity index (χ4n) is 3.23. The molecule has 0 fully saturated rings. The number of carbonyl (C=O) groups excluding carboxylic acids is 1. The van der Waals surface area contributed by atoms with Gasteiger partial charge in [0.25, 0.3) is 0 Å². The van der Waals surface area contributed by atoms with Gasteiger partial charge in [-0.1, -0.05) is 18.2 Å². The lowest BCUT2D eigenvalue weighted by molar-refractivity contribution is 0.0476. The van der Waals surface area contributed by atoms with Crippen LogP contribution in [0.15, 0.2) is 57.7 Å². The zero-order valence-electron chi connectivity index (χ0n) is 15.4. The summed E-state index contributed by atoms with van der Waals surface area (Å²) < 4.78 is 10.7. The van der Waals surface area contributed by atoms with E-state index in [-0.39, 0.29) is 17.9 Å². The Balaban J connectivity index is 1.70. The van der Waals surface area contributed by atoms with Crippen LogP contribution in [0.4, 0.5) is 0 Å². The van der Waals surface area contributed by atoms with E-state index in [1.54, 1.807) is 19.1 Å². The van der Waals surface area contributed by atoms with Crippen LogP contribution < -0.4 is 5.63 Å². The molecule has 0 saturated carbocycles. The number of rotatable bonds is 3. The lowest BCUT2D eigenvalue weighted by atomic mass is 10.1. The molecule has 0 unspecified atom stereocenters. The minimum absolute atomic E-state index is 0.0310. The maximum Gasteiger partial charge on any atom is 0.339 e. The van der Waals surface area contributed by atoms with Gasteiger partial charge in [0.05, 0.1) is 11.1 Å². The van der Waals surface area contributed by atoms with Crippen LogP contribution in [0, 0.1) is 13.8 Å². The molecule has 140 valence electrons. The number of hydrogen-bond donors (Lipinski definition) is 1. The van der Waals surface area contributed by atoms with Gasteiger partial charge in [-0.05, 0) is 38.1 Å². The Bertz CT molecular complexity index is 1290. The summed E-state index contributed by atoms with van der Waals surface area (Å²) in [4.78, 5) is 29.1. The molecule has 0 spiro atoms. The highest BCUT2D eigenvalue weighted by Crippen LogP contribution is 2.28. The van der Waals surface area contributed by atoms with Crippen molar-refractivity contribution >= 4 is 27.8 Å². The van der Waals surface area contributed by atoms with Crippen LogP contribution in [0.25, 0.3) is 21.9 Å². The third-order valence-electron chi connectivity index (χ3n) is 4.64. The summed E-state index contributed by atoms with van der Waals surface area (Å²) >= 11 is 0. The Morgan fingerprint density at radius 3 is 2.71 bits per heavy atom. The zero-order chi connectivity index (χ0) is 19.8. The first kappa shape index (κ1) is 17.7. The molecule has 0 aliphatic rings. The first-order valence-electron chi connectivity index (χ1n) is 8.73. The van der Waals surface area contributed by atoms with Crippen molar-refractivity contribution in [2.75, 3.05) is 0 Å². The summed E-state index contributed by atoms with van der Waals surface area (Å²) in [5.74, 6) is -0.470. The van der Waals surface area contributed by atoms with Crippen LogP contribution in [0.2, 0.25) is 0 Å². The van der Waals surface area contributed by atoms with Crippen molar-refractivity contribution in [3.63, 3.8) is 0 Å². The van der Waals surface area contributed by atoms with E-state index < -0.39 is 11.6 Å². The Kier molecular flexibility index (Phi) is 4.31. The Labute approximate surface area is 160 Å². The van der Waals surface area contributed by atoms with Crippen molar-refractivity contribution in [1.82, 2.24) is 4.98 Å². The van der Waals surface area contributed by atoms with Gasteiger partial charge in [-0.3, -0.25) is 4.98 Å². The molecule has 6 nitrogen and oxygen atoms in total. The average Bonchev–Trinajstić information content (AvgIpc) is 2.68. The summed E-state index contributed by atoms with van der Waals surface area (Å²) in [5, 5.41) is 11.2. The van der Waals surface area contributed by atoms with Gasteiger partial charge >= 0.3 is 11.6 Å². The molecule has 0 radical (unpaired) electrons. The molecular weight excluding hydrogens is 358 g/mol. The summed E-state index contributed by atoms with van der Waals surface area (Å²) in [7, 11) is 0. The van der Waals surface area contributed by atoms with Crippen molar-refractivity contribution in [3.8, 4) is 5.75 Å². The number of hydrogen-bond acceptors (Lipinski definition) is 6. The molecule has 4 rings (SSSR count). The largest absolute Gasteiger partial charge is 0.508 e. The standard InChI is InChI=1S/C22H17NO5/c1-12-9-17(16-5-3-4-6-18(16)23-12)22(26)27-11-14-10-20(25)28-21-13(2)19(24)8-7-15(14)21/h3-10,24H,11H2,1-2H3. The van der Waals surface area contributed by atoms with Crippen LogP contribution in [0.5, 0.6) is 5.75 Å². The van der Waals surface area contributed by atoms with Gasteiger partial charge in [-0.25, -0.2) is 9.59 Å². The number of fused-ring (bicyclic) bond motifs is 2. The number of phenols is 1. The molecule has 2 aromatic heterocycles. The van der Waals surface area contributed by atoms with E-state index in [1.807, 2.05) is 31.2 Å². The lowest BCUT2D eigenvalue weighted by Gasteiger charge is -2.11. The van der Waals surface area contributed by atoms with E-state index in [9.17, 15) is 14.7 Å². The van der Waals surface area contributed by atoms with Gasteiger partial charge in [0.2, 0.25) is 0 Å². The van der Waals surface area contributed by atoms with E-state index in [4.69, 9.17) is 9.15 Å². The molecule has 0 aliphatic heterocycles. The molecular formula is C22H17NO5. The van der Waals surface area contributed by atoms with Gasteiger partial charge < -0.3 is 14.3 Å². The number of benzene rings is 2. The predicted octanol–water partition coefficient (Wildman–Crippen LogP) is 4.02. The number of carbonyl (C=O) groups is 1. The van der Waals surface area contributed by atoms with Gasteiger partial charge in [0.15, 0.2) is 0 Å². The normalized spacial score (nSPS) is 11.1. The zero-order valence-corrected chi connectivity index (χ0v) is 15.4. The van der Waals surface area contributed by atoms with E-state index in [1.165, 1.54) is 12.1 Å². The van der Waals surface area contributed by atoms with Crippen LogP contribution in [-0.4, -0.2) is 16.1 Å². The second kappa shape index (κ2) is 6.81. The van der Waals surface area contributed by atoms with Gasteiger partial charge in [-0.2, -0.15) is 0 Å². The van der Waals surface area contributed by atoms with Gasteiger partial charge in [-0.15, -0.1) is 0 Å². The highest BCUT2D eigenvalue weighted by molar-refractivity contribution is 6.03. The van der Waals surface area contributed by atoms with Crippen molar-refractivity contribution < 1.29 is 19.1 Å². The monoisotopic (exact) mass is 375 g/mol. The Morgan fingerprint density at radius 2 is 1.89 bits per heavy atom. The van der Waals surface area contributed by atoms with Crippen LogP contribution in [0.1, 0.15) is 27.2 Å². The van der Waals surface area contributed by atoms with Gasteiger partial charge in [0, 0.05) is 33.7 Å². The fourth-order valence-corrected chi connectivity index (χ4v) is 3.23. The number of phenolic OH excluding ortho intramolecular Hbond substituents is 1. The van der Waals surface area contributed by atoms with E-state index in [2.05, 4.69) is 4.98 Å².